The van der Waals surface area contributed by atoms with Gasteiger partial charge in [0, 0.05) is 55.0 Å². The zero-order valence-electron chi connectivity index (χ0n) is 42.8. The summed E-state index contributed by atoms with van der Waals surface area (Å²) in [6, 6.07) is 51.2. The fraction of sp³-hybridized carbons (Fsp3) is 0.157. The third-order valence-electron chi connectivity index (χ3n) is 15.1. The summed E-state index contributed by atoms with van der Waals surface area (Å²) >= 11 is 0. The Labute approximate surface area is 430 Å². The molecule has 0 saturated carbocycles. The molecule has 0 saturated heterocycles. The molecule has 8 aromatic rings. The van der Waals surface area contributed by atoms with Crippen molar-refractivity contribution in [2.45, 2.75) is 65.7 Å². The predicted octanol–water partition coefficient (Wildman–Crippen LogP) is 15.0. The number of benzene rings is 6. The van der Waals surface area contributed by atoms with E-state index in [0.717, 1.165) is 59.3 Å². The van der Waals surface area contributed by atoms with Gasteiger partial charge in [-0.2, -0.15) is 0 Å². The Morgan fingerprint density at radius 2 is 1.45 bits per heavy atom. The number of allylic oxidation sites excluding steroid dienone is 12. The van der Waals surface area contributed by atoms with Crippen LogP contribution < -0.4 is 21.1 Å². The Balaban J connectivity index is 1.04. The lowest BCUT2D eigenvalue weighted by Gasteiger charge is -2.28. The van der Waals surface area contributed by atoms with Crippen LogP contribution >= 0.6 is 0 Å². The number of hydrogen-bond donors (Lipinski definition) is 0. The molecule has 2 unspecified atom stereocenters. The van der Waals surface area contributed by atoms with Crippen molar-refractivity contribution in [3.63, 3.8) is 0 Å². The molecule has 0 amide bonds. The van der Waals surface area contributed by atoms with Gasteiger partial charge in [0.25, 0.3) is 0 Å². The standard InChI is InChI=1S/C70H63N3/c1-7-8-32-67-62(42-48(2)43-65(53-25-15-10-16-26-53)71-51(5)52-23-13-9-14-24-52)64-47-70(6,41-40-69(64)73(67)58-29-19-12-20-30-58)56-38-35-50(4)61(46-56)60-44-54(36-34-49(60)3)55-37-39-68-63(45-55)59-31-21-22-33-66(59)72(68)57-27-17-11-18-28-57/h7-10,12-17,19-25,27-40,42-47,53H,5,11,18,26,41H2,1-4,6H3/b8-7-,48-43+,62-42+,67-32+,71-65?. The molecule has 3 nitrogen and oxygen atoms in total. The molecule has 73 heavy (non-hydrogen) atoms. The van der Waals surface area contributed by atoms with Crippen molar-refractivity contribution in [3.05, 3.63) is 256 Å². The summed E-state index contributed by atoms with van der Waals surface area (Å²) in [5.74, 6) is 0.146. The molecule has 0 aliphatic heterocycles. The van der Waals surface area contributed by atoms with E-state index in [-0.39, 0.29) is 11.3 Å². The Kier molecular flexibility index (Phi) is 13.0. The Hall–Kier alpha value is -8.27. The third-order valence-corrected chi connectivity index (χ3v) is 15.1. The summed E-state index contributed by atoms with van der Waals surface area (Å²) in [7, 11) is 0. The van der Waals surface area contributed by atoms with Gasteiger partial charge in [-0.1, -0.05) is 171 Å². The summed E-state index contributed by atoms with van der Waals surface area (Å²) in [6.07, 6.45) is 35.8. The quantitative estimate of drug-likeness (QED) is 0.115. The Bertz CT molecular complexity index is 3970. The number of aromatic nitrogens is 2. The van der Waals surface area contributed by atoms with Gasteiger partial charge < -0.3 is 9.13 Å². The molecule has 3 heteroatoms. The molecule has 3 aliphatic carbocycles. The van der Waals surface area contributed by atoms with Crippen LogP contribution in [0.1, 0.15) is 68.7 Å². The van der Waals surface area contributed by atoms with Crippen LogP contribution in [0.4, 0.5) is 0 Å². The first-order valence-electron chi connectivity index (χ1n) is 26.0. The maximum atomic E-state index is 5.23. The zero-order valence-corrected chi connectivity index (χ0v) is 42.8. The highest BCUT2D eigenvalue weighted by Gasteiger charge is 2.28. The lowest BCUT2D eigenvalue weighted by molar-refractivity contribution is 0.651. The SMILES string of the molecule is C=C(N=C(/C=C(C)/C=c1\c2c(n(-c3ccccc3)\c1=C\C=C/C)=CCC(C)(c1ccc(C)c(-c3cc(-c4ccc5c(c4)c4ccccc4n5C4=CCCC=C4)ccc3C)c1)C=2)C1C=CC=CC1)c1ccccc1. The van der Waals surface area contributed by atoms with Crippen molar-refractivity contribution < 1.29 is 0 Å². The largest absolute Gasteiger partial charge is 0.310 e. The highest BCUT2D eigenvalue weighted by molar-refractivity contribution is 6.11. The van der Waals surface area contributed by atoms with E-state index in [1.807, 2.05) is 18.2 Å². The van der Waals surface area contributed by atoms with Gasteiger partial charge in [-0.3, -0.25) is 4.99 Å². The van der Waals surface area contributed by atoms with E-state index in [2.05, 4.69) is 257 Å². The molecule has 0 radical (unpaired) electrons. The van der Waals surface area contributed by atoms with Gasteiger partial charge in [-0.05, 0) is 170 Å². The van der Waals surface area contributed by atoms with E-state index >= 15 is 0 Å². The lowest BCUT2D eigenvalue weighted by Crippen LogP contribution is -2.43. The second kappa shape index (κ2) is 20.1. The summed E-state index contributed by atoms with van der Waals surface area (Å²) in [4.78, 5) is 5.23. The van der Waals surface area contributed by atoms with E-state index in [1.165, 1.54) is 82.2 Å². The first-order chi connectivity index (χ1) is 35.7. The number of aliphatic imine (C=N–C) groups is 1. The lowest BCUT2D eigenvalue weighted by atomic mass is 9.75. The van der Waals surface area contributed by atoms with Gasteiger partial charge in [0.2, 0.25) is 0 Å². The number of rotatable bonds is 11. The average molecular weight is 946 g/mol. The molecule has 2 heterocycles. The summed E-state index contributed by atoms with van der Waals surface area (Å²) < 4.78 is 4.88. The summed E-state index contributed by atoms with van der Waals surface area (Å²) in [6.45, 7) is 15.7. The first kappa shape index (κ1) is 47.1. The molecule has 2 aromatic heterocycles. The Morgan fingerprint density at radius 3 is 2.22 bits per heavy atom. The number of nitrogens with zero attached hydrogens (tertiary/aromatic N) is 3. The molecular weight excluding hydrogens is 883 g/mol. The second-order valence-corrected chi connectivity index (χ2v) is 20.2. The number of aryl methyl sites for hydroxylation is 2. The number of fused-ring (bicyclic) bond motifs is 4. The van der Waals surface area contributed by atoms with Crippen molar-refractivity contribution in [2.75, 3.05) is 0 Å². The monoisotopic (exact) mass is 946 g/mol. The molecule has 358 valence electrons. The summed E-state index contributed by atoms with van der Waals surface area (Å²) in [5.41, 5.74) is 17.3. The maximum absolute atomic E-state index is 5.23. The first-order valence-corrected chi connectivity index (χ1v) is 26.0. The maximum Gasteiger partial charge on any atom is 0.0633 e. The molecule has 2 atom stereocenters. The third kappa shape index (κ3) is 9.17. The van der Waals surface area contributed by atoms with Crippen LogP contribution in [-0.4, -0.2) is 14.8 Å². The molecule has 0 fully saturated rings. The van der Waals surface area contributed by atoms with Crippen molar-refractivity contribution in [1.29, 1.82) is 0 Å². The molecule has 0 spiro atoms. The molecular formula is C70H63N3. The molecule has 0 bridgehead atoms. The number of hydrogen-bond acceptors (Lipinski definition) is 1. The molecule has 0 N–H and O–H groups in total. The minimum Gasteiger partial charge on any atom is -0.310 e. The van der Waals surface area contributed by atoms with Gasteiger partial charge in [-0.25, -0.2) is 0 Å². The predicted molar refractivity (Wildman–Crippen MR) is 314 cm³/mol. The van der Waals surface area contributed by atoms with Crippen LogP contribution in [0.3, 0.4) is 0 Å². The fourth-order valence-corrected chi connectivity index (χ4v) is 11.2. The van der Waals surface area contributed by atoms with E-state index in [0.29, 0.717) is 0 Å². The van der Waals surface area contributed by atoms with Crippen LogP contribution in [0.25, 0.3) is 85.4 Å². The van der Waals surface area contributed by atoms with Crippen LogP contribution in [0.2, 0.25) is 0 Å². The molecule has 3 aliphatic rings. The fourth-order valence-electron chi connectivity index (χ4n) is 11.2. The van der Waals surface area contributed by atoms with E-state index in [4.69, 9.17) is 4.99 Å². The average Bonchev–Trinajstić information content (AvgIpc) is 3.92. The van der Waals surface area contributed by atoms with Crippen molar-refractivity contribution in [2.24, 2.45) is 10.9 Å². The topological polar surface area (TPSA) is 22.2 Å². The van der Waals surface area contributed by atoms with Gasteiger partial charge in [0.05, 0.1) is 22.1 Å². The van der Waals surface area contributed by atoms with Crippen molar-refractivity contribution in [3.8, 4) is 27.9 Å². The van der Waals surface area contributed by atoms with Crippen LogP contribution in [0.15, 0.2) is 217 Å². The zero-order chi connectivity index (χ0) is 50.1. The molecule has 11 rings (SSSR count). The second-order valence-electron chi connectivity index (χ2n) is 20.2. The highest BCUT2D eigenvalue weighted by atomic mass is 15.0. The normalized spacial score (nSPS) is 18.4. The van der Waals surface area contributed by atoms with Crippen molar-refractivity contribution >= 4 is 63.2 Å². The summed E-state index contributed by atoms with van der Waals surface area (Å²) in [5, 5.41) is 7.35. The van der Waals surface area contributed by atoms with Gasteiger partial charge in [0.15, 0.2) is 0 Å². The minimum atomic E-state index is -0.288. The van der Waals surface area contributed by atoms with Gasteiger partial charge in [0.1, 0.15) is 0 Å². The van der Waals surface area contributed by atoms with Crippen LogP contribution in [-0.2, 0) is 5.41 Å². The smallest absolute Gasteiger partial charge is 0.0633 e. The van der Waals surface area contributed by atoms with Crippen LogP contribution in [0, 0.1) is 19.8 Å². The van der Waals surface area contributed by atoms with Crippen molar-refractivity contribution in [1.82, 2.24) is 9.13 Å². The number of para-hydroxylation sites is 2. The molecule has 6 aromatic carbocycles. The van der Waals surface area contributed by atoms with Gasteiger partial charge >= 0.3 is 0 Å². The van der Waals surface area contributed by atoms with Crippen LogP contribution in [0.5, 0.6) is 0 Å². The minimum absolute atomic E-state index is 0.146. The van der Waals surface area contributed by atoms with E-state index < -0.39 is 0 Å². The Morgan fingerprint density at radius 1 is 0.726 bits per heavy atom. The van der Waals surface area contributed by atoms with E-state index in [1.54, 1.807) is 0 Å². The highest BCUT2D eigenvalue weighted by Crippen LogP contribution is 2.40. The van der Waals surface area contributed by atoms with Gasteiger partial charge in [-0.15, -0.1) is 0 Å². The van der Waals surface area contributed by atoms with E-state index in [9.17, 15) is 0 Å².